The number of aromatic nitrogens is 6. The summed E-state index contributed by atoms with van der Waals surface area (Å²) < 4.78 is 20.7. The van der Waals surface area contributed by atoms with Crippen LogP contribution in [0.4, 0.5) is 4.39 Å². The predicted molar refractivity (Wildman–Crippen MR) is 110 cm³/mol. The number of halogens is 1. The van der Waals surface area contributed by atoms with Gasteiger partial charge in [0, 0.05) is 17.2 Å². The van der Waals surface area contributed by atoms with Gasteiger partial charge >= 0.3 is 0 Å². The Balaban J connectivity index is 1.23. The Hall–Kier alpha value is -4.34. The zero-order valence-electron chi connectivity index (χ0n) is 16.1. The molecular formula is C21H16FN7O2. The number of rotatable bonds is 6. The average Bonchev–Trinajstić information content (AvgIpc) is 3.42. The maximum absolute atomic E-state index is 13.6. The highest BCUT2D eigenvalue weighted by molar-refractivity contribution is 5.97. The minimum absolute atomic E-state index is 0.212. The van der Waals surface area contributed by atoms with Gasteiger partial charge in [-0.3, -0.25) is 4.79 Å². The lowest BCUT2D eigenvalue weighted by atomic mass is 10.2. The molecule has 154 valence electrons. The first kappa shape index (κ1) is 18.7. The van der Waals surface area contributed by atoms with Gasteiger partial charge in [0.25, 0.3) is 5.91 Å². The second-order valence-corrected chi connectivity index (χ2v) is 6.71. The van der Waals surface area contributed by atoms with Gasteiger partial charge in [-0.15, -0.1) is 15.3 Å². The number of amides is 1. The van der Waals surface area contributed by atoms with Crippen LogP contribution in [0, 0.1) is 5.82 Å². The van der Waals surface area contributed by atoms with E-state index in [1.165, 1.54) is 16.6 Å². The van der Waals surface area contributed by atoms with Crippen LogP contribution in [-0.2, 0) is 0 Å². The summed E-state index contributed by atoms with van der Waals surface area (Å²) >= 11 is 0. The summed E-state index contributed by atoms with van der Waals surface area (Å²) in [4.78, 5) is 19.4. The Morgan fingerprint density at radius 3 is 2.97 bits per heavy atom. The van der Waals surface area contributed by atoms with Crippen molar-refractivity contribution in [1.29, 1.82) is 0 Å². The largest absolute Gasteiger partial charge is 0.475 e. The van der Waals surface area contributed by atoms with Crippen molar-refractivity contribution in [2.24, 2.45) is 0 Å². The molecule has 5 rings (SSSR count). The molecule has 0 fully saturated rings. The molecule has 2 N–H and O–H groups in total. The van der Waals surface area contributed by atoms with Gasteiger partial charge in [-0.1, -0.05) is 12.1 Å². The molecule has 0 bridgehead atoms. The third-order valence-corrected chi connectivity index (χ3v) is 4.64. The first-order valence-electron chi connectivity index (χ1n) is 9.50. The van der Waals surface area contributed by atoms with Gasteiger partial charge in [0.2, 0.25) is 5.88 Å². The topological polar surface area (TPSA) is 110 Å². The van der Waals surface area contributed by atoms with Gasteiger partial charge < -0.3 is 15.0 Å². The Labute approximate surface area is 174 Å². The van der Waals surface area contributed by atoms with E-state index in [-0.39, 0.29) is 18.3 Å². The van der Waals surface area contributed by atoms with E-state index in [2.05, 4.69) is 30.6 Å². The van der Waals surface area contributed by atoms with Crippen molar-refractivity contribution >= 4 is 22.6 Å². The molecule has 0 aliphatic carbocycles. The normalized spacial score (nSPS) is 11.1. The molecule has 0 saturated heterocycles. The fourth-order valence-corrected chi connectivity index (χ4v) is 3.16. The lowest BCUT2D eigenvalue weighted by molar-refractivity contribution is 0.0946. The van der Waals surface area contributed by atoms with E-state index in [1.54, 1.807) is 48.8 Å². The minimum atomic E-state index is -0.371. The highest BCUT2D eigenvalue weighted by Gasteiger charge is 2.11. The minimum Gasteiger partial charge on any atom is -0.475 e. The van der Waals surface area contributed by atoms with Gasteiger partial charge in [-0.2, -0.15) is 4.52 Å². The van der Waals surface area contributed by atoms with E-state index < -0.39 is 0 Å². The third-order valence-electron chi connectivity index (χ3n) is 4.64. The van der Waals surface area contributed by atoms with E-state index in [0.29, 0.717) is 35.0 Å². The maximum atomic E-state index is 13.6. The molecule has 0 saturated carbocycles. The number of H-pyrrole nitrogens is 1. The van der Waals surface area contributed by atoms with Crippen LogP contribution in [0.25, 0.3) is 28.1 Å². The number of carbonyl (C=O) groups excluding carboxylic acids is 1. The highest BCUT2D eigenvalue weighted by Crippen LogP contribution is 2.19. The molecule has 1 amide bonds. The number of hydrogen-bond acceptors (Lipinski definition) is 6. The number of ether oxygens (including phenoxy) is 1. The Morgan fingerprint density at radius 2 is 2.06 bits per heavy atom. The first-order valence-corrected chi connectivity index (χ1v) is 9.50. The molecule has 3 aromatic heterocycles. The van der Waals surface area contributed by atoms with Gasteiger partial charge in [-0.05, 0) is 36.4 Å². The van der Waals surface area contributed by atoms with Gasteiger partial charge in [-0.25, -0.2) is 9.37 Å². The summed E-state index contributed by atoms with van der Waals surface area (Å²) in [5.41, 5.74) is 3.19. The van der Waals surface area contributed by atoms with Crippen LogP contribution < -0.4 is 10.1 Å². The van der Waals surface area contributed by atoms with Gasteiger partial charge in [0.05, 0.1) is 23.9 Å². The molecule has 0 unspecified atom stereocenters. The first-order chi connectivity index (χ1) is 15.2. The summed E-state index contributed by atoms with van der Waals surface area (Å²) in [6, 6.07) is 14.7. The Bertz CT molecular complexity index is 1400. The lowest BCUT2D eigenvalue weighted by Crippen LogP contribution is -2.28. The van der Waals surface area contributed by atoms with Crippen LogP contribution in [0.3, 0.4) is 0 Å². The number of fused-ring (bicyclic) bond motifs is 2. The molecule has 0 atom stereocenters. The van der Waals surface area contributed by atoms with Crippen LogP contribution in [0.2, 0.25) is 0 Å². The van der Waals surface area contributed by atoms with Gasteiger partial charge in [0.15, 0.2) is 11.5 Å². The van der Waals surface area contributed by atoms with Crippen molar-refractivity contribution in [3.05, 3.63) is 72.3 Å². The fraction of sp³-hybridized carbons (Fsp3) is 0.0952. The van der Waals surface area contributed by atoms with E-state index in [1.807, 2.05) is 0 Å². The predicted octanol–water partition coefficient (Wildman–Crippen LogP) is 2.62. The van der Waals surface area contributed by atoms with Crippen molar-refractivity contribution in [2.45, 2.75) is 0 Å². The number of carbonyl (C=O) groups is 1. The molecule has 2 aromatic carbocycles. The van der Waals surface area contributed by atoms with Crippen molar-refractivity contribution in [1.82, 2.24) is 35.1 Å². The molecule has 5 aromatic rings. The summed E-state index contributed by atoms with van der Waals surface area (Å²) in [7, 11) is 0. The molecular weight excluding hydrogens is 401 g/mol. The number of nitrogens with one attached hydrogen (secondary N) is 2. The number of nitrogens with zero attached hydrogens (tertiary/aromatic N) is 5. The number of imidazole rings is 1. The van der Waals surface area contributed by atoms with Crippen LogP contribution in [0.15, 0.2) is 60.9 Å². The number of hydrogen-bond donors (Lipinski definition) is 2. The molecule has 3 heterocycles. The smallest absolute Gasteiger partial charge is 0.251 e. The molecule has 0 aliphatic rings. The second kappa shape index (κ2) is 7.82. The molecule has 0 spiro atoms. The second-order valence-electron chi connectivity index (χ2n) is 6.71. The standard InChI is InChI=1S/C21H16FN7O2/c22-15-3-1-2-13(10-15)20-27-26-18-6-7-19(28-29(18)20)31-9-8-23-21(30)14-4-5-16-17(11-14)25-12-24-16/h1-7,10-12H,8-9H2,(H,23,30)(H,24,25). The van der Waals surface area contributed by atoms with Crippen molar-refractivity contribution in [3.8, 4) is 17.3 Å². The van der Waals surface area contributed by atoms with E-state index in [4.69, 9.17) is 4.74 Å². The monoisotopic (exact) mass is 417 g/mol. The number of aromatic amines is 1. The van der Waals surface area contributed by atoms with Crippen LogP contribution in [0.1, 0.15) is 10.4 Å². The van der Waals surface area contributed by atoms with Gasteiger partial charge in [0.1, 0.15) is 12.4 Å². The third kappa shape index (κ3) is 3.78. The summed E-state index contributed by atoms with van der Waals surface area (Å²) in [5, 5.41) is 15.3. The van der Waals surface area contributed by atoms with Crippen LogP contribution in [-0.4, -0.2) is 48.8 Å². The van der Waals surface area contributed by atoms with E-state index in [9.17, 15) is 9.18 Å². The van der Waals surface area contributed by atoms with E-state index >= 15 is 0 Å². The lowest BCUT2D eigenvalue weighted by Gasteiger charge is -2.08. The van der Waals surface area contributed by atoms with Crippen LogP contribution >= 0.6 is 0 Å². The van der Waals surface area contributed by atoms with Crippen molar-refractivity contribution in [3.63, 3.8) is 0 Å². The SMILES string of the molecule is O=C(NCCOc1ccc2nnc(-c3cccc(F)c3)n2n1)c1ccc2nc[nH]c2c1. The summed E-state index contributed by atoms with van der Waals surface area (Å²) in [5.74, 6) is 0.153. The highest BCUT2D eigenvalue weighted by atomic mass is 19.1. The maximum Gasteiger partial charge on any atom is 0.251 e. The summed E-state index contributed by atoms with van der Waals surface area (Å²) in [6.07, 6.45) is 1.58. The molecule has 9 nitrogen and oxygen atoms in total. The number of benzene rings is 2. The molecule has 31 heavy (non-hydrogen) atoms. The quantitative estimate of drug-likeness (QED) is 0.411. The van der Waals surface area contributed by atoms with Crippen molar-refractivity contribution < 1.29 is 13.9 Å². The molecule has 0 radical (unpaired) electrons. The average molecular weight is 417 g/mol. The zero-order valence-corrected chi connectivity index (χ0v) is 16.1. The Kier molecular flexibility index (Phi) is 4.71. The summed E-state index contributed by atoms with van der Waals surface area (Å²) in [6.45, 7) is 0.506. The molecule has 10 heteroatoms. The van der Waals surface area contributed by atoms with Crippen molar-refractivity contribution in [2.75, 3.05) is 13.2 Å². The fourth-order valence-electron chi connectivity index (χ4n) is 3.16. The Morgan fingerprint density at radius 1 is 1.13 bits per heavy atom. The van der Waals surface area contributed by atoms with Crippen LogP contribution in [0.5, 0.6) is 5.88 Å². The zero-order chi connectivity index (χ0) is 21.2. The molecule has 0 aliphatic heterocycles. The van der Waals surface area contributed by atoms with E-state index in [0.717, 1.165) is 11.0 Å².